The molecule has 1 heterocycles. The van der Waals surface area contributed by atoms with Gasteiger partial charge in [0.1, 0.15) is 29.7 Å². The van der Waals surface area contributed by atoms with E-state index in [0.717, 1.165) is 22.3 Å². The molecule has 1 aliphatic heterocycles. The van der Waals surface area contributed by atoms with E-state index in [9.17, 15) is 24.1 Å². The van der Waals surface area contributed by atoms with E-state index in [1.165, 1.54) is 6.92 Å². The van der Waals surface area contributed by atoms with Gasteiger partial charge in [0.15, 0.2) is 0 Å². The second kappa shape index (κ2) is 15.0. The minimum absolute atomic E-state index is 0.0207. The van der Waals surface area contributed by atoms with Gasteiger partial charge < -0.3 is 29.7 Å². The average molecular weight is 580 g/mol. The van der Waals surface area contributed by atoms with Crippen molar-refractivity contribution in [1.29, 1.82) is 0 Å². The highest BCUT2D eigenvalue weighted by Gasteiger charge is 2.31. The van der Waals surface area contributed by atoms with Gasteiger partial charge >= 0.3 is 17.9 Å². The number of phenolic OH excluding ortho intramolecular Hbond substituents is 1. The predicted octanol–water partition coefficient (Wildman–Crippen LogP) is 3.41. The summed E-state index contributed by atoms with van der Waals surface area (Å²) >= 11 is 0. The number of carbonyl (C=O) groups excluding carboxylic acids is 3. The van der Waals surface area contributed by atoms with E-state index in [-0.39, 0.29) is 49.5 Å². The van der Waals surface area contributed by atoms with Crippen molar-refractivity contribution in [3.8, 4) is 5.75 Å². The summed E-state index contributed by atoms with van der Waals surface area (Å²) in [6.07, 6.45) is 3.16. The Morgan fingerprint density at radius 1 is 1.20 bits per heavy atom. The standard InChI is InChI=1S/C28H42N3O8P/c1-8-21-18(5)23-16-39-28(35)24(23)25(32)22(21)12-11-17(4)15-29-13-14-40(36,30-19(6)26(33)37-9-2)31-20(7)27(34)38-10-3/h11,20,29,32H,6,8-10,12-16H2,1-5,7H3,(H2,30,31,36)/b17-11+/t20-,40?/m0/s1. The van der Waals surface area contributed by atoms with E-state index < -0.39 is 31.4 Å². The lowest BCUT2D eigenvalue weighted by Crippen LogP contribution is -2.39. The summed E-state index contributed by atoms with van der Waals surface area (Å²) < 4.78 is 28.7. The molecule has 11 nitrogen and oxygen atoms in total. The Hall–Kier alpha value is -3.14. The lowest BCUT2D eigenvalue weighted by atomic mass is 9.89. The maximum Gasteiger partial charge on any atom is 0.354 e. The molecule has 0 aliphatic carbocycles. The lowest BCUT2D eigenvalue weighted by molar-refractivity contribution is -0.144. The van der Waals surface area contributed by atoms with E-state index in [1.807, 2.05) is 26.8 Å². The predicted molar refractivity (Wildman–Crippen MR) is 152 cm³/mol. The molecule has 1 aliphatic rings. The Morgan fingerprint density at radius 3 is 2.50 bits per heavy atom. The summed E-state index contributed by atoms with van der Waals surface area (Å²) in [5.41, 5.74) is 4.48. The summed E-state index contributed by atoms with van der Waals surface area (Å²) in [5.74, 6) is -1.82. The minimum atomic E-state index is -3.51. The first-order valence-corrected chi connectivity index (χ1v) is 15.4. The Bertz CT molecular complexity index is 1210. The van der Waals surface area contributed by atoms with Gasteiger partial charge in [0.05, 0.1) is 13.2 Å². The maximum absolute atomic E-state index is 13.6. The van der Waals surface area contributed by atoms with Gasteiger partial charge in [0.25, 0.3) is 0 Å². The number of aromatic hydroxyl groups is 1. The number of cyclic esters (lactones) is 1. The fraction of sp³-hybridized carbons (Fsp3) is 0.536. The van der Waals surface area contributed by atoms with Crippen LogP contribution in [-0.2, 0) is 47.8 Å². The Balaban J connectivity index is 2.07. The van der Waals surface area contributed by atoms with Crippen LogP contribution in [0.25, 0.3) is 0 Å². The molecule has 0 bridgehead atoms. The van der Waals surface area contributed by atoms with Crippen LogP contribution in [0.2, 0.25) is 0 Å². The van der Waals surface area contributed by atoms with E-state index in [2.05, 4.69) is 22.1 Å². The second-order valence-electron chi connectivity index (χ2n) is 9.52. The van der Waals surface area contributed by atoms with Gasteiger partial charge in [-0.05, 0) is 58.6 Å². The van der Waals surface area contributed by atoms with Crippen LogP contribution >= 0.6 is 7.44 Å². The molecule has 0 spiro atoms. The Labute approximate surface area is 236 Å². The molecule has 1 unspecified atom stereocenters. The van der Waals surface area contributed by atoms with E-state index in [4.69, 9.17) is 14.2 Å². The first kappa shape index (κ1) is 33.1. The summed E-state index contributed by atoms with van der Waals surface area (Å²) in [5, 5.41) is 19.5. The maximum atomic E-state index is 13.6. The lowest BCUT2D eigenvalue weighted by Gasteiger charge is -2.25. The number of benzene rings is 1. The van der Waals surface area contributed by atoms with Crippen molar-refractivity contribution < 1.29 is 38.3 Å². The van der Waals surface area contributed by atoms with Crippen LogP contribution < -0.4 is 15.5 Å². The number of hydrogen-bond acceptors (Lipinski definition) is 9. The zero-order valence-electron chi connectivity index (χ0n) is 24.3. The number of rotatable bonds is 16. The highest BCUT2D eigenvalue weighted by molar-refractivity contribution is 7.60. The zero-order chi connectivity index (χ0) is 30.0. The van der Waals surface area contributed by atoms with Gasteiger partial charge in [-0.3, -0.25) is 9.36 Å². The molecular formula is C28H42N3O8P. The fourth-order valence-electron chi connectivity index (χ4n) is 4.48. The van der Waals surface area contributed by atoms with Gasteiger partial charge in [-0.2, -0.15) is 0 Å². The van der Waals surface area contributed by atoms with Crippen LogP contribution in [0.3, 0.4) is 0 Å². The van der Waals surface area contributed by atoms with Crippen LogP contribution in [0.1, 0.15) is 67.2 Å². The Kier molecular flexibility index (Phi) is 12.4. The van der Waals surface area contributed by atoms with Crippen molar-refractivity contribution in [2.45, 2.75) is 67.0 Å². The van der Waals surface area contributed by atoms with Crippen LogP contribution in [0, 0.1) is 6.92 Å². The number of ether oxygens (including phenoxy) is 3. The minimum Gasteiger partial charge on any atom is -0.507 e. The third kappa shape index (κ3) is 8.43. The second-order valence-corrected chi connectivity index (χ2v) is 11.9. The van der Waals surface area contributed by atoms with Crippen molar-refractivity contribution in [2.75, 3.05) is 32.5 Å². The number of nitrogens with one attached hydrogen (secondary N) is 3. The SMILES string of the molecule is C=C(NP(=O)(CCNC/C(C)=C/Cc1c(O)c2c(c(C)c1CC)COC2=O)N[C@@H](C)C(=O)OCC)C(=O)OCC. The van der Waals surface area contributed by atoms with Crippen molar-refractivity contribution >= 4 is 25.4 Å². The molecule has 0 radical (unpaired) electrons. The van der Waals surface area contributed by atoms with Gasteiger partial charge in [-0.1, -0.05) is 25.2 Å². The van der Waals surface area contributed by atoms with E-state index in [0.29, 0.717) is 24.9 Å². The van der Waals surface area contributed by atoms with E-state index >= 15 is 0 Å². The van der Waals surface area contributed by atoms with Crippen LogP contribution in [0.5, 0.6) is 5.75 Å². The number of esters is 3. The molecule has 0 fully saturated rings. The number of fused-ring (bicyclic) bond motifs is 1. The zero-order valence-corrected chi connectivity index (χ0v) is 25.2. The summed E-state index contributed by atoms with van der Waals surface area (Å²) in [7, 11) is -3.51. The average Bonchev–Trinajstić information content (AvgIpc) is 3.29. The molecule has 0 saturated carbocycles. The Morgan fingerprint density at radius 2 is 1.88 bits per heavy atom. The normalized spacial score (nSPS) is 15.1. The fourth-order valence-corrected chi connectivity index (χ4v) is 6.52. The summed E-state index contributed by atoms with van der Waals surface area (Å²) in [6, 6.07) is -0.886. The molecule has 2 rings (SSSR count). The van der Waals surface area contributed by atoms with Gasteiger partial charge in [0.2, 0.25) is 7.44 Å². The van der Waals surface area contributed by atoms with Crippen molar-refractivity contribution in [3.05, 3.63) is 51.7 Å². The quantitative estimate of drug-likeness (QED) is 0.0569. The van der Waals surface area contributed by atoms with Gasteiger partial charge in [0, 0.05) is 30.4 Å². The molecular weight excluding hydrogens is 537 g/mol. The van der Waals surface area contributed by atoms with Crippen molar-refractivity contribution in [3.63, 3.8) is 0 Å². The number of allylic oxidation sites excluding steroid dienone is 1. The van der Waals surface area contributed by atoms with Crippen LogP contribution in [0.4, 0.5) is 0 Å². The molecule has 2 atom stereocenters. The number of phenols is 1. The molecule has 4 N–H and O–H groups in total. The van der Waals surface area contributed by atoms with Crippen molar-refractivity contribution in [2.24, 2.45) is 0 Å². The molecule has 0 amide bonds. The molecule has 40 heavy (non-hydrogen) atoms. The first-order valence-electron chi connectivity index (χ1n) is 13.5. The molecule has 1 aromatic carbocycles. The third-order valence-corrected chi connectivity index (χ3v) is 8.83. The molecule has 222 valence electrons. The van der Waals surface area contributed by atoms with Crippen LogP contribution in [0.15, 0.2) is 23.9 Å². The first-order chi connectivity index (χ1) is 18.9. The highest BCUT2D eigenvalue weighted by atomic mass is 31.2. The topological polar surface area (TPSA) is 152 Å². The largest absolute Gasteiger partial charge is 0.507 e. The smallest absolute Gasteiger partial charge is 0.354 e. The molecule has 0 aromatic heterocycles. The molecule has 0 saturated heterocycles. The van der Waals surface area contributed by atoms with Gasteiger partial charge in [-0.25, -0.2) is 14.7 Å². The summed E-state index contributed by atoms with van der Waals surface area (Å²) in [4.78, 5) is 36.3. The number of hydrogen-bond donors (Lipinski definition) is 4. The highest BCUT2D eigenvalue weighted by Crippen LogP contribution is 2.39. The van der Waals surface area contributed by atoms with Crippen LogP contribution in [-0.4, -0.2) is 61.5 Å². The monoisotopic (exact) mass is 579 g/mol. The molecule has 12 heteroatoms. The van der Waals surface area contributed by atoms with Crippen molar-refractivity contribution in [1.82, 2.24) is 15.5 Å². The van der Waals surface area contributed by atoms with E-state index in [1.54, 1.807) is 13.8 Å². The number of carbonyl (C=O) groups is 3. The third-order valence-electron chi connectivity index (χ3n) is 6.54. The van der Waals surface area contributed by atoms with Gasteiger partial charge in [-0.15, -0.1) is 0 Å². The summed E-state index contributed by atoms with van der Waals surface area (Å²) in [6.45, 7) is 15.6. The molecule has 1 aromatic rings.